The molecule has 10 atom stereocenters. The van der Waals surface area contributed by atoms with Gasteiger partial charge >= 0.3 is 0 Å². The van der Waals surface area contributed by atoms with Crippen LogP contribution in [0, 0.1) is 0 Å². The van der Waals surface area contributed by atoms with E-state index in [4.69, 9.17) is 18.6 Å². The number of benzene rings is 2. The van der Waals surface area contributed by atoms with Crippen molar-refractivity contribution in [1.29, 1.82) is 0 Å². The van der Waals surface area contributed by atoms with E-state index < -0.39 is 70.5 Å². The van der Waals surface area contributed by atoms with Crippen molar-refractivity contribution < 1.29 is 43.5 Å². The van der Waals surface area contributed by atoms with Gasteiger partial charge in [0.15, 0.2) is 16.8 Å². The zero-order chi connectivity index (χ0) is 37.8. The third-order valence-electron chi connectivity index (χ3n) is 12.0. The number of carbonyl (C=O) groups is 2. The van der Waals surface area contributed by atoms with Crippen molar-refractivity contribution in [2.45, 2.75) is 107 Å². The number of aromatic hydroxyl groups is 1. The summed E-state index contributed by atoms with van der Waals surface area (Å²) in [5.41, 5.74) is -1.84. The molecule has 3 saturated heterocycles. The molecule has 2 aromatic carbocycles. The van der Waals surface area contributed by atoms with E-state index in [2.05, 4.69) is 0 Å². The van der Waals surface area contributed by atoms with Crippen LogP contribution in [-0.4, -0.2) is 107 Å². The zero-order valence-electron chi connectivity index (χ0n) is 31.1. The summed E-state index contributed by atoms with van der Waals surface area (Å²) in [5.74, 6) is -1.43. The quantitative estimate of drug-likeness (QED) is 0.194. The smallest absolute Gasteiger partial charge is 0.202 e. The number of phenols is 1. The molecular weight excluding hydrogens is 668 g/mol. The van der Waals surface area contributed by atoms with Gasteiger partial charge in [-0.3, -0.25) is 14.4 Å². The number of aliphatic hydroxyl groups excluding tert-OH is 2. The molecule has 278 valence electrons. The highest BCUT2D eigenvalue weighted by Gasteiger charge is 2.55. The molecule has 3 fully saturated rings. The Morgan fingerprint density at radius 2 is 1.58 bits per heavy atom. The van der Waals surface area contributed by atoms with Gasteiger partial charge in [0.25, 0.3) is 0 Å². The number of ether oxygens (including phenoxy) is 3. The number of nitrogens with zero attached hydrogens (tertiary/aromatic N) is 2. The third-order valence-corrected chi connectivity index (χ3v) is 12.0. The van der Waals surface area contributed by atoms with Gasteiger partial charge < -0.3 is 43.7 Å². The number of allylic oxidation sites excluding steroid dienone is 1. The van der Waals surface area contributed by atoms with Crippen LogP contribution in [0.1, 0.15) is 108 Å². The lowest BCUT2D eigenvalue weighted by molar-refractivity contribution is -0.176. The molecule has 0 radical (unpaired) electrons. The number of likely N-dealkylation sites (N-methyl/N-ethyl adjacent to an activating group) is 2. The van der Waals surface area contributed by atoms with Crippen LogP contribution in [0.25, 0.3) is 11.0 Å². The van der Waals surface area contributed by atoms with Gasteiger partial charge in [0.1, 0.15) is 23.2 Å². The van der Waals surface area contributed by atoms with E-state index in [1.807, 2.05) is 64.0 Å². The first-order valence-electron chi connectivity index (χ1n) is 17.9. The van der Waals surface area contributed by atoms with Crippen LogP contribution >= 0.6 is 0 Å². The van der Waals surface area contributed by atoms with Crippen molar-refractivity contribution in [2.75, 3.05) is 28.2 Å². The normalized spacial score (nSPS) is 34.7. The topological polar surface area (TPSA) is 163 Å². The van der Waals surface area contributed by atoms with Gasteiger partial charge in [-0.2, -0.15) is 0 Å². The number of hydrogen-bond donors (Lipinski definition) is 3. The molecule has 1 aliphatic carbocycles. The van der Waals surface area contributed by atoms with Gasteiger partial charge in [-0.1, -0.05) is 12.2 Å². The van der Waals surface area contributed by atoms with Crippen molar-refractivity contribution >= 4 is 22.5 Å². The Hall–Kier alpha value is -3.75. The number of ketones is 2. The van der Waals surface area contributed by atoms with Crippen LogP contribution in [0.5, 0.6) is 5.75 Å². The fourth-order valence-electron chi connectivity index (χ4n) is 8.44. The Morgan fingerprint density at radius 1 is 0.885 bits per heavy atom. The van der Waals surface area contributed by atoms with Gasteiger partial charge in [-0.25, -0.2) is 0 Å². The first kappa shape index (κ1) is 36.6. The second kappa shape index (κ2) is 12.7. The molecule has 52 heavy (non-hydrogen) atoms. The van der Waals surface area contributed by atoms with E-state index >= 15 is 0 Å². The Labute approximate surface area is 302 Å². The number of hydrogen-bond acceptors (Lipinski definition) is 12. The summed E-state index contributed by atoms with van der Waals surface area (Å²) < 4.78 is 24.9. The fourth-order valence-corrected chi connectivity index (χ4v) is 8.44. The summed E-state index contributed by atoms with van der Waals surface area (Å²) in [6.07, 6.45) is -0.565. The van der Waals surface area contributed by atoms with Crippen molar-refractivity contribution in [1.82, 2.24) is 9.80 Å². The monoisotopic (exact) mass is 716 g/mol. The molecule has 2 unspecified atom stereocenters. The molecule has 0 bridgehead atoms. The molecule has 0 amide bonds. The zero-order valence-corrected chi connectivity index (χ0v) is 31.1. The minimum Gasteiger partial charge on any atom is -0.507 e. The highest BCUT2D eigenvalue weighted by atomic mass is 16.6. The van der Waals surface area contributed by atoms with Gasteiger partial charge in [-0.05, 0) is 99.4 Å². The SMILES string of the molecule is C/C=C/[C@@H]1O[C@@]1(C)c1cc(=O)c2ccc3c(c2o1)C(=O)c1c(O)c(C2C[C@](C)(N(C)C)[C@H](O)[C@H](C)O2)cc([C@H]2CC(N(C)C)[C@H](O)[C@@H](C)O2)c1C3=O. The van der Waals surface area contributed by atoms with E-state index in [0.717, 1.165) is 0 Å². The molecule has 7 rings (SSSR count). The lowest BCUT2D eigenvalue weighted by atomic mass is 9.75. The molecule has 3 aromatic rings. The second-order valence-electron chi connectivity index (χ2n) is 15.6. The predicted octanol–water partition coefficient (Wildman–Crippen LogP) is 4.14. The Bertz CT molecular complexity index is 2070. The van der Waals surface area contributed by atoms with Gasteiger partial charge in [0, 0.05) is 34.3 Å². The third kappa shape index (κ3) is 5.41. The molecule has 4 heterocycles. The lowest BCUT2D eigenvalue weighted by Gasteiger charge is -2.49. The second-order valence-corrected chi connectivity index (χ2v) is 15.6. The molecule has 4 aliphatic rings. The first-order chi connectivity index (χ1) is 24.4. The first-order valence-corrected chi connectivity index (χ1v) is 17.9. The summed E-state index contributed by atoms with van der Waals surface area (Å²) in [4.78, 5) is 47.0. The van der Waals surface area contributed by atoms with Gasteiger partial charge in [-0.15, -0.1) is 0 Å². The van der Waals surface area contributed by atoms with E-state index in [9.17, 15) is 29.7 Å². The number of rotatable bonds is 6. The minimum absolute atomic E-state index is 0.00686. The summed E-state index contributed by atoms with van der Waals surface area (Å²) >= 11 is 0. The Balaban J connectivity index is 1.46. The number of phenolic OH excluding ortho intramolecular Hbond substituents is 1. The van der Waals surface area contributed by atoms with Gasteiger partial charge in [0.2, 0.25) is 5.78 Å². The summed E-state index contributed by atoms with van der Waals surface area (Å²) in [6.45, 7) is 9.07. The Morgan fingerprint density at radius 3 is 2.23 bits per heavy atom. The maximum absolute atomic E-state index is 15.0. The number of epoxide rings is 1. The average Bonchev–Trinajstić information content (AvgIpc) is 3.76. The largest absolute Gasteiger partial charge is 0.507 e. The molecule has 0 spiro atoms. The van der Waals surface area contributed by atoms with E-state index in [1.54, 1.807) is 26.8 Å². The molecule has 0 saturated carbocycles. The lowest BCUT2D eigenvalue weighted by Crippen LogP contribution is -2.59. The highest BCUT2D eigenvalue weighted by molar-refractivity contribution is 6.33. The van der Waals surface area contributed by atoms with Crippen molar-refractivity contribution in [3.63, 3.8) is 0 Å². The van der Waals surface area contributed by atoms with Crippen LogP contribution in [0.15, 0.2) is 45.6 Å². The van der Waals surface area contributed by atoms with Crippen LogP contribution in [0.3, 0.4) is 0 Å². The number of aliphatic hydroxyl groups is 2. The predicted molar refractivity (Wildman–Crippen MR) is 192 cm³/mol. The maximum atomic E-state index is 15.0. The average molecular weight is 717 g/mol. The van der Waals surface area contributed by atoms with Crippen LogP contribution < -0.4 is 5.43 Å². The molecule has 12 nitrogen and oxygen atoms in total. The minimum atomic E-state index is -0.939. The molecule has 3 aliphatic heterocycles. The molecule has 3 N–H and O–H groups in total. The maximum Gasteiger partial charge on any atom is 0.202 e. The van der Waals surface area contributed by atoms with Crippen molar-refractivity contribution in [2.24, 2.45) is 0 Å². The number of carbonyl (C=O) groups excluding carboxylic acids is 2. The molecule has 1 aromatic heterocycles. The molecule has 12 heteroatoms. The summed E-state index contributed by atoms with van der Waals surface area (Å²) in [6, 6.07) is 5.63. The standard InChI is InChI=1S/C40H48N2O10/c1-10-11-28-40(5,52-28)29-16-25(43)20-12-13-21-31(37(20)51-29)36(47)32-30(34(21)45)22(26-15-24(41(6)7)33(44)18(2)49-26)14-23(35(32)46)27-17-39(4,42(8)9)38(48)19(3)50-27/h10-14,16,18-19,24,26-28,33,38,44,46,48H,15,17H2,1-9H3/b11-10+/t18-,19+,24?,26-,27?,28+,33-,38-,39+,40-/m1/s1. The van der Waals surface area contributed by atoms with E-state index in [0.29, 0.717) is 12.0 Å². The van der Waals surface area contributed by atoms with Crippen molar-refractivity contribution in [3.8, 4) is 5.75 Å². The summed E-state index contributed by atoms with van der Waals surface area (Å²) in [7, 11) is 7.44. The van der Waals surface area contributed by atoms with Crippen LogP contribution in [-0.2, 0) is 19.8 Å². The van der Waals surface area contributed by atoms with Crippen LogP contribution in [0.4, 0.5) is 0 Å². The van der Waals surface area contributed by atoms with Crippen LogP contribution in [0.2, 0.25) is 0 Å². The fraction of sp³-hybridized carbons (Fsp3) is 0.525. The highest BCUT2D eigenvalue weighted by Crippen LogP contribution is 2.50. The van der Waals surface area contributed by atoms with E-state index in [-0.39, 0.29) is 63.1 Å². The Kier molecular flexibility index (Phi) is 8.93. The number of fused-ring (bicyclic) bond motifs is 4. The van der Waals surface area contributed by atoms with E-state index in [1.165, 1.54) is 18.2 Å². The van der Waals surface area contributed by atoms with Gasteiger partial charge in [0.05, 0.1) is 53.1 Å². The summed E-state index contributed by atoms with van der Waals surface area (Å²) in [5, 5.41) is 34.5. The van der Waals surface area contributed by atoms with Crippen molar-refractivity contribution in [3.05, 3.63) is 85.8 Å². The molecular formula is C40H48N2O10.